The zero-order chi connectivity index (χ0) is 21.6. The first-order chi connectivity index (χ1) is 14.3. The van der Waals surface area contributed by atoms with E-state index in [2.05, 4.69) is 15.9 Å². The molecule has 1 aliphatic carbocycles. The fraction of sp³-hybridized carbons (Fsp3) is 0.0909. The van der Waals surface area contributed by atoms with E-state index in [0.717, 1.165) is 5.56 Å². The highest BCUT2D eigenvalue weighted by molar-refractivity contribution is 9.10. The van der Waals surface area contributed by atoms with Crippen LogP contribution in [0.1, 0.15) is 37.4 Å². The number of ketones is 2. The van der Waals surface area contributed by atoms with Crippen LogP contribution in [0.5, 0.6) is 5.75 Å². The number of nitrogens with two attached hydrogens (primary N) is 4. The number of anilines is 4. The van der Waals surface area contributed by atoms with Gasteiger partial charge < -0.3 is 27.7 Å². The number of halogens is 1. The summed E-state index contributed by atoms with van der Waals surface area (Å²) >= 11 is 3.26. The fourth-order valence-electron chi connectivity index (χ4n) is 3.63. The Morgan fingerprint density at radius 1 is 0.767 bits per heavy atom. The van der Waals surface area contributed by atoms with Crippen molar-refractivity contribution in [2.75, 3.05) is 29.5 Å². The minimum Gasteiger partial charge on any atom is -0.491 e. The van der Waals surface area contributed by atoms with Crippen molar-refractivity contribution in [2.24, 2.45) is 0 Å². The molecular formula is C22H19BrN4O3. The first-order valence-electron chi connectivity index (χ1n) is 9.16. The van der Waals surface area contributed by atoms with Crippen LogP contribution in [0.2, 0.25) is 0 Å². The molecule has 0 unspecified atom stereocenters. The standard InChI is InChI=1S/C22H19BrN4O3/c23-11-8-12(24)15-17(19(11)26)21(28)16-13(25)9-14(20(27)18(16)22(15)29)30-7-6-10-4-2-1-3-5-10/h1-5,8-9H,6-7,24-27H2. The highest BCUT2D eigenvalue weighted by atomic mass is 79.9. The van der Waals surface area contributed by atoms with Crippen LogP contribution in [0.3, 0.4) is 0 Å². The second-order valence-corrected chi connectivity index (χ2v) is 7.84. The predicted octanol–water partition coefficient (Wildman–Crippen LogP) is 3.17. The number of nitrogen functional groups attached to an aromatic ring is 4. The van der Waals surface area contributed by atoms with Crippen molar-refractivity contribution in [2.45, 2.75) is 6.42 Å². The predicted molar refractivity (Wildman–Crippen MR) is 121 cm³/mol. The summed E-state index contributed by atoms with van der Waals surface area (Å²) in [6.07, 6.45) is 0.643. The van der Waals surface area contributed by atoms with Gasteiger partial charge in [-0.2, -0.15) is 0 Å². The molecule has 0 aromatic heterocycles. The first-order valence-corrected chi connectivity index (χ1v) is 9.96. The number of rotatable bonds is 4. The highest BCUT2D eigenvalue weighted by Gasteiger charge is 2.38. The van der Waals surface area contributed by atoms with Crippen LogP contribution < -0.4 is 27.7 Å². The topological polar surface area (TPSA) is 147 Å². The summed E-state index contributed by atoms with van der Waals surface area (Å²) in [5, 5.41) is 0. The van der Waals surface area contributed by atoms with Gasteiger partial charge in [-0.15, -0.1) is 0 Å². The number of fused-ring (bicyclic) bond motifs is 2. The van der Waals surface area contributed by atoms with Gasteiger partial charge in [0, 0.05) is 28.3 Å². The van der Waals surface area contributed by atoms with Crippen LogP contribution in [0.25, 0.3) is 0 Å². The number of carbonyl (C=O) groups is 2. The monoisotopic (exact) mass is 466 g/mol. The quantitative estimate of drug-likeness (QED) is 0.337. The average molecular weight is 467 g/mol. The third-order valence-electron chi connectivity index (χ3n) is 5.11. The van der Waals surface area contributed by atoms with Gasteiger partial charge in [0.05, 0.1) is 40.2 Å². The molecule has 30 heavy (non-hydrogen) atoms. The van der Waals surface area contributed by atoms with Gasteiger partial charge in [0.15, 0.2) is 11.6 Å². The van der Waals surface area contributed by atoms with Crippen molar-refractivity contribution >= 4 is 50.2 Å². The third-order valence-corrected chi connectivity index (χ3v) is 5.76. The van der Waals surface area contributed by atoms with Gasteiger partial charge in [0.2, 0.25) is 0 Å². The van der Waals surface area contributed by atoms with Crippen molar-refractivity contribution < 1.29 is 14.3 Å². The summed E-state index contributed by atoms with van der Waals surface area (Å²) in [4.78, 5) is 26.4. The lowest BCUT2D eigenvalue weighted by molar-refractivity contribution is 0.0981. The molecule has 0 heterocycles. The van der Waals surface area contributed by atoms with E-state index in [4.69, 9.17) is 27.7 Å². The fourth-order valence-corrected chi connectivity index (χ4v) is 4.08. The van der Waals surface area contributed by atoms with Gasteiger partial charge in [0.25, 0.3) is 0 Å². The van der Waals surface area contributed by atoms with Crippen molar-refractivity contribution in [3.8, 4) is 5.75 Å². The molecule has 0 radical (unpaired) electrons. The summed E-state index contributed by atoms with van der Waals surface area (Å²) in [5.41, 5.74) is 26.0. The Morgan fingerprint density at radius 2 is 1.33 bits per heavy atom. The summed E-state index contributed by atoms with van der Waals surface area (Å²) in [6, 6.07) is 12.7. The van der Waals surface area contributed by atoms with Crippen molar-refractivity contribution in [3.05, 3.63) is 74.8 Å². The number of hydrogen-bond donors (Lipinski definition) is 4. The van der Waals surface area contributed by atoms with E-state index in [1.807, 2.05) is 30.3 Å². The smallest absolute Gasteiger partial charge is 0.198 e. The van der Waals surface area contributed by atoms with E-state index in [9.17, 15) is 9.59 Å². The molecule has 0 amide bonds. The molecule has 4 rings (SSSR count). The summed E-state index contributed by atoms with van der Waals surface area (Å²) in [5.74, 6) is -0.755. The lowest BCUT2D eigenvalue weighted by Gasteiger charge is -2.24. The number of ether oxygens (including phenoxy) is 1. The second kappa shape index (κ2) is 7.38. The molecule has 1 aliphatic rings. The maximum absolute atomic E-state index is 13.3. The Balaban J connectivity index is 1.75. The molecular weight excluding hydrogens is 448 g/mol. The Hall–Kier alpha value is -3.52. The Morgan fingerprint density at radius 3 is 1.97 bits per heavy atom. The van der Waals surface area contributed by atoms with Crippen LogP contribution in [0, 0.1) is 0 Å². The molecule has 0 atom stereocenters. The molecule has 7 nitrogen and oxygen atoms in total. The minimum atomic E-state index is -0.506. The second-order valence-electron chi connectivity index (χ2n) is 6.98. The van der Waals surface area contributed by atoms with E-state index in [0.29, 0.717) is 17.5 Å². The van der Waals surface area contributed by atoms with Crippen LogP contribution in [-0.4, -0.2) is 18.2 Å². The molecule has 152 valence electrons. The lowest BCUT2D eigenvalue weighted by Crippen LogP contribution is -2.26. The number of hydrogen-bond acceptors (Lipinski definition) is 7. The molecule has 3 aromatic rings. The molecule has 0 spiro atoms. The average Bonchev–Trinajstić information content (AvgIpc) is 2.71. The maximum atomic E-state index is 13.3. The minimum absolute atomic E-state index is 0.00404. The SMILES string of the molecule is Nc1cc(Br)c(N)c2c1C(=O)c1c(N)c(OCCc3ccccc3)cc(N)c1C2=O. The Kier molecular flexibility index (Phi) is 4.87. The molecule has 0 saturated heterocycles. The summed E-state index contributed by atoms with van der Waals surface area (Å²) in [6.45, 7) is 0.327. The Labute approximate surface area is 181 Å². The molecule has 0 saturated carbocycles. The molecule has 8 heteroatoms. The third kappa shape index (κ3) is 3.05. The normalized spacial score (nSPS) is 12.4. The van der Waals surface area contributed by atoms with Crippen LogP contribution in [-0.2, 0) is 6.42 Å². The first kappa shape index (κ1) is 19.8. The van der Waals surface area contributed by atoms with E-state index in [-0.39, 0.29) is 50.8 Å². The van der Waals surface area contributed by atoms with Crippen LogP contribution in [0.4, 0.5) is 22.7 Å². The highest BCUT2D eigenvalue weighted by Crippen LogP contribution is 2.44. The van der Waals surface area contributed by atoms with Gasteiger partial charge >= 0.3 is 0 Å². The van der Waals surface area contributed by atoms with Crippen molar-refractivity contribution in [3.63, 3.8) is 0 Å². The lowest BCUT2D eigenvalue weighted by atomic mass is 9.80. The van der Waals surface area contributed by atoms with Crippen molar-refractivity contribution in [1.29, 1.82) is 0 Å². The van der Waals surface area contributed by atoms with E-state index < -0.39 is 11.6 Å². The summed E-state index contributed by atoms with van der Waals surface area (Å²) < 4.78 is 6.23. The van der Waals surface area contributed by atoms with Crippen LogP contribution in [0.15, 0.2) is 46.9 Å². The van der Waals surface area contributed by atoms with E-state index >= 15 is 0 Å². The number of carbonyl (C=O) groups excluding carboxylic acids is 2. The van der Waals surface area contributed by atoms with Gasteiger partial charge in [-0.05, 0) is 27.6 Å². The van der Waals surface area contributed by atoms with E-state index in [1.165, 1.54) is 12.1 Å². The van der Waals surface area contributed by atoms with Gasteiger partial charge in [0.1, 0.15) is 5.75 Å². The molecule has 0 bridgehead atoms. The zero-order valence-corrected chi connectivity index (χ0v) is 17.5. The van der Waals surface area contributed by atoms with Crippen LogP contribution >= 0.6 is 15.9 Å². The van der Waals surface area contributed by atoms with Gasteiger partial charge in [-0.25, -0.2) is 0 Å². The zero-order valence-electron chi connectivity index (χ0n) is 15.9. The Bertz CT molecular complexity index is 1210. The van der Waals surface area contributed by atoms with Crippen molar-refractivity contribution in [1.82, 2.24) is 0 Å². The largest absolute Gasteiger partial charge is 0.491 e. The molecule has 8 N–H and O–H groups in total. The van der Waals surface area contributed by atoms with Gasteiger partial charge in [-0.1, -0.05) is 30.3 Å². The van der Waals surface area contributed by atoms with Gasteiger partial charge in [-0.3, -0.25) is 9.59 Å². The molecule has 0 fully saturated rings. The number of benzene rings is 3. The molecule has 3 aromatic carbocycles. The summed E-state index contributed by atoms with van der Waals surface area (Å²) in [7, 11) is 0. The molecule has 0 aliphatic heterocycles. The van der Waals surface area contributed by atoms with E-state index in [1.54, 1.807) is 0 Å². The maximum Gasteiger partial charge on any atom is 0.198 e.